The summed E-state index contributed by atoms with van der Waals surface area (Å²) >= 11 is 0. The highest BCUT2D eigenvalue weighted by atomic mass is 32.3. The van der Waals surface area contributed by atoms with Crippen molar-refractivity contribution in [3.8, 4) is 0 Å². The molecular weight excluding hydrogens is 445 g/mol. The summed E-state index contributed by atoms with van der Waals surface area (Å²) in [4.78, 5) is 13.1. The zero-order valence-corrected chi connectivity index (χ0v) is 18.1. The number of fused-ring (bicyclic) bond motifs is 1. The molecule has 0 unspecified atom stereocenters. The van der Waals surface area contributed by atoms with E-state index in [4.69, 9.17) is 9.29 Å². The first-order valence-electron chi connectivity index (χ1n) is 8.80. The molecule has 14 heteroatoms. The maximum Gasteiger partial charge on any atom is 0.379 e. The predicted octanol–water partition coefficient (Wildman–Crippen LogP) is 1.44. The second kappa shape index (κ2) is 9.26. The molecule has 0 aliphatic rings. The van der Waals surface area contributed by atoms with Crippen LogP contribution in [0.4, 0.5) is 10.1 Å². The first-order valence-corrected chi connectivity index (χ1v) is 11.6. The van der Waals surface area contributed by atoms with Crippen molar-refractivity contribution in [1.82, 2.24) is 9.45 Å². The van der Waals surface area contributed by atoms with E-state index in [1.54, 1.807) is 13.8 Å². The third kappa shape index (κ3) is 5.46. The van der Waals surface area contributed by atoms with Crippen molar-refractivity contribution in [2.45, 2.75) is 33.7 Å². The van der Waals surface area contributed by atoms with Crippen LogP contribution in [0.25, 0.3) is 10.9 Å². The summed E-state index contributed by atoms with van der Waals surface area (Å²) in [6.07, 6.45) is 0.285. The lowest BCUT2D eigenvalue weighted by Crippen LogP contribution is -2.38. The smallest absolute Gasteiger partial charge is 0.379 e. The molecule has 0 spiro atoms. The summed E-state index contributed by atoms with van der Waals surface area (Å²) < 4.78 is 81.0. The molecule has 1 aromatic carbocycles. The van der Waals surface area contributed by atoms with Crippen LogP contribution in [0, 0.1) is 12.7 Å². The van der Waals surface area contributed by atoms with E-state index in [0.717, 1.165) is 21.3 Å². The van der Waals surface area contributed by atoms with Gasteiger partial charge in [-0.2, -0.15) is 16.8 Å². The number of carbonyl (C=O) groups excluding carboxylic acids is 1. The molecule has 2 aromatic rings. The molecule has 2 N–H and O–H groups in total. The number of hydrogen-bond donors (Lipinski definition) is 2. The average Bonchev–Trinajstić information content (AvgIpc) is 2.89. The van der Waals surface area contributed by atoms with Gasteiger partial charge in [-0.25, -0.2) is 8.70 Å². The molecule has 0 saturated heterocycles. The minimum Gasteiger partial charge on any atom is -0.465 e. The highest BCUT2D eigenvalue weighted by Crippen LogP contribution is 2.36. The maximum atomic E-state index is 14.0. The second-order valence-electron chi connectivity index (χ2n) is 6.16. The molecule has 0 atom stereocenters. The molecular formula is C16H22FN3O8S2. The summed E-state index contributed by atoms with van der Waals surface area (Å²) in [5.41, 5.74) is 0.625. The standard InChI is InChI=1S/C16H22FN3O8S2/c1-4-8-20(30(25,26)28-18-29(22,23)24)16-11(3)19(10-15(21)27-5-2)14-7-6-12(17)9-13(14)16/h6-7,9,18H,4-5,8,10H2,1-3H3,(H,22,23,24). The van der Waals surface area contributed by atoms with Gasteiger partial charge in [0.2, 0.25) is 0 Å². The van der Waals surface area contributed by atoms with Crippen molar-refractivity contribution in [2.75, 3.05) is 17.5 Å². The van der Waals surface area contributed by atoms with Gasteiger partial charge in [0.1, 0.15) is 12.4 Å². The van der Waals surface area contributed by atoms with Crippen molar-refractivity contribution in [3.63, 3.8) is 0 Å². The molecule has 11 nitrogen and oxygen atoms in total. The zero-order chi connectivity index (χ0) is 22.7. The van der Waals surface area contributed by atoms with Gasteiger partial charge in [0.25, 0.3) is 0 Å². The largest absolute Gasteiger partial charge is 0.465 e. The monoisotopic (exact) mass is 467 g/mol. The van der Waals surface area contributed by atoms with Crippen molar-refractivity contribution in [3.05, 3.63) is 29.7 Å². The van der Waals surface area contributed by atoms with Crippen LogP contribution in [-0.4, -0.2) is 45.1 Å². The lowest BCUT2D eigenvalue weighted by atomic mass is 10.2. The van der Waals surface area contributed by atoms with Gasteiger partial charge in [0.15, 0.2) is 0 Å². The SMILES string of the molecule is CCCN(c1c(C)n(CC(=O)OCC)c2ccc(F)cc12)S(=O)(=O)ONS(=O)(=O)O. The highest BCUT2D eigenvalue weighted by molar-refractivity contribution is 7.89. The van der Waals surface area contributed by atoms with Crippen LogP contribution in [0.5, 0.6) is 0 Å². The Morgan fingerprint density at radius 1 is 1.27 bits per heavy atom. The number of ether oxygens (including phenoxy) is 1. The molecule has 0 aliphatic heterocycles. The van der Waals surface area contributed by atoms with Crippen LogP contribution >= 0.6 is 0 Å². The Hall–Kier alpha value is -2.26. The number of hydrogen-bond acceptors (Lipinski definition) is 7. The van der Waals surface area contributed by atoms with Gasteiger partial charge < -0.3 is 9.30 Å². The van der Waals surface area contributed by atoms with Gasteiger partial charge in [-0.05, 0) is 38.5 Å². The number of rotatable bonds is 10. The van der Waals surface area contributed by atoms with Crippen molar-refractivity contribution in [2.24, 2.45) is 0 Å². The Labute approximate surface area is 173 Å². The fourth-order valence-corrected chi connectivity index (χ4v) is 4.60. The maximum absolute atomic E-state index is 14.0. The van der Waals surface area contributed by atoms with Gasteiger partial charge in [-0.3, -0.25) is 9.35 Å². The zero-order valence-electron chi connectivity index (χ0n) is 16.5. The number of halogens is 1. The number of nitrogens with one attached hydrogen (secondary N) is 1. The van der Waals surface area contributed by atoms with Gasteiger partial charge in [-0.1, -0.05) is 11.8 Å². The summed E-state index contributed by atoms with van der Waals surface area (Å²) in [6.45, 7) is 4.53. The van der Waals surface area contributed by atoms with Gasteiger partial charge in [-0.15, -0.1) is 4.28 Å². The van der Waals surface area contributed by atoms with Crippen molar-refractivity contribution >= 4 is 43.2 Å². The van der Waals surface area contributed by atoms with Crippen molar-refractivity contribution < 1.29 is 39.6 Å². The van der Waals surface area contributed by atoms with Crippen LogP contribution in [-0.2, 0) is 41.0 Å². The summed E-state index contributed by atoms with van der Waals surface area (Å²) in [7, 11) is -9.76. The van der Waals surface area contributed by atoms with Crippen LogP contribution in [0.3, 0.4) is 0 Å². The lowest BCUT2D eigenvalue weighted by Gasteiger charge is -2.23. The van der Waals surface area contributed by atoms with E-state index in [2.05, 4.69) is 4.28 Å². The van der Waals surface area contributed by atoms with E-state index in [-0.39, 0.29) is 42.9 Å². The third-order valence-corrected chi connectivity index (χ3v) is 5.63. The van der Waals surface area contributed by atoms with E-state index in [0.29, 0.717) is 5.52 Å². The molecule has 0 saturated carbocycles. The van der Waals surface area contributed by atoms with E-state index >= 15 is 0 Å². The van der Waals surface area contributed by atoms with Crippen LogP contribution < -0.4 is 9.19 Å². The molecule has 0 radical (unpaired) electrons. The molecule has 1 aromatic heterocycles. The number of nitrogens with zero attached hydrogens (tertiary/aromatic N) is 2. The highest BCUT2D eigenvalue weighted by Gasteiger charge is 2.31. The summed E-state index contributed by atoms with van der Waals surface area (Å²) in [6, 6.07) is 3.63. The second-order valence-corrected chi connectivity index (χ2v) is 8.74. The third-order valence-electron chi connectivity index (χ3n) is 4.04. The summed E-state index contributed by atoms with van der Waals surface area (Å²) in [5.74, 6) is -1.23. The fraction of sp³-hybridized carbons (Fsp3) is 0.438. The lowest BCUT2D eigenvalue weighted by molar-refractivity contribution is -0.143. The summed E-state index contributed by atoms with van der Waals surface area (Å²) in [5, 5.41) is 0.157. The first-order chi connectivity index (χ1) is 13.9. The normalized spacial score (nSPS) is 12.3. The Morgan fingerprint density at radius 3 is 2.50 bits per heavy atom. The van der Waals surface area contributed by atoms with Crippen LogP contribution in [0.2, 0.25) is 0 Å². The molecule has 0 aliphatic carbocycles. The molecule has 1 heterocycles. The molecule has 30 heavy (non-hydrogen) atoms. The van der Waals surface area contributed by atoms with E-state index in [9.17, 15) is 26.0 Å². The van der Waals surface area contributed by atoms with E-state index in [1.807, 2.05) is 0 Å². The number of benzene rings is 1. The molecule has 168 valence electrons. The number of anilines is 1. The minimum absolute atomic E-state index is 0.00668. The predicted molar refractivity (Wildman–Crippen MR) is 106 cm³/mol. The van der Waals surface area contributed by atoms with Gasteiger partial charge in [0, 0.05) is 17.6 Å². The van der Waals surface area contributed by atoms with Crippen LogP contribution in [0.15, 0.2) is 18.2 Å². The van der Waals surface area contributed by atoms with E-state index < -0.39 is 32.4 Å². The molecule has 0 fully saturated rings. The average molecular weight is 467 g/mol. The van der Waals surface area contributed by atoms with Crippen molar-refractivity contribution in [1.29, 1.82) is 0 Å². The number of aromatic nitrogens is 1. The Morgan fingerprint density at radius 2 is 1.93 bits per heavy atom. The number of carbonyl (C=O) groups is 1. The minimum atomic E-state index is -4.97. The fourth-order valence-electron chi connectivity index (χ4n) is 2.96. The molecule has 2 rings (SSSR count). The number of esters is 1. The van der Waals surface area contributed by atoms with Crippen LogP contribution in [0.1, 0.15) is 26.0 Å². The Bertz CT molecular complexity index is 1140. The topological polar surface area (TPSA) is 144 Å². The molecule has 0 amide bonds. The molecule has 0 bridgehead atoms. The first kappa shape index (κ1) is 24.0. The van der Waals surface area contributed by atoms with E-state index in [1.165, 1.54) is 17.6 Å². The Kier molecular flexibility index (Phi) is 7.41. The Balaban J connectivity index is 2.68. The van der Waals surface area contributed by atoms with Gasteiger partial charge in [0.05, 0.1) is 17.8 Å². The van der Waals surface area contributed by atoms with Gasteiger partial charge >= 0.3 is 26.6 Å². The quantitative estimate of drug-likeness (QED) is 0.303.